The number of anilines is 1. The molecule has 9 nitrogen and oxygen atoms in total. The highest BCUT2D eigenvalue weighted by atomic mass is 79.9. The van der Waals surface area contributed by atoms with Crippen LogP contribution in [0.1, 0.15) is 0 Å². The summed E-state index contributed by atoms with van der Waals surface area (Å²) in [6, 6.07) is 10.3. The number of hydrogen-bond acceptors (Lipinski definition) is 7. The zero-order valence-corrected chi connectivity index (χ0v) is 19.3. The van der Waals surface area contributed by atoms with E-state index in [9.17, 15) is 4.79 Å². The molecule has 33 heavy (non-hydrogen) atoms. The van der Waals surface area contributed by atoms with Crippen molar-refractivity contribution in [2.45, 2.75) is 6.04 Å². The van der Waals surface area contributed by atoms with Crippen molar-refractivity contribution in [1.29, 1.82) is 0 Å². The molecule has 0 saturated carbocycles. The number of aromatic amines is 1. The van der Waals surface area contributed by atoms with E-state index in [1.54, 1.807) is 18.6 Å². The first-order valence-corrected chi connectivity index (χ1v) is 11.6. The monoisotopic (exact) mass is 504 g/mol. The van der Waals surface area contributed by atoms with Crippen LogP contribution in [0.5, 0.6) is 0 Å². The molecule has 166 valence electrons. The number of piperazine rings is 1. The van der Waals surface area contributed by atoms with Gasteiger partial charge in [0.15, 0.2) is 0 Å². The molecule has 10 heteroatoms. The Morgan fingerprint density at radius 2 is 2.03 bits per heavy atom. The lowest BCUT2D eigenvalue weighted by Crippen LogP contribution is -2.64. The zero-order chi connectivity index (χ0) is 22.4. The van der Waals surface area contributed by atoms with Crippen LogP contribution in [0.2, 0.25) is 0 Å². The second-order valence-electron chi connectivity index (χ2n) is 8.31. The molecule has 4 aromatic heterocycles. The third-order valence-corrected chi connectivity index (χ3v) is 6.84. The summed E-state index contributed by atoms with van der Waals surface area (Å²) in [5, 5.41) is 11.5. The molecule has 2 aliphatic heterocycles. The van der Waals surface area contributed by atoms with Crippen molar-refractivity contribution >= 4 is 38.6 Å². The number of carbonyl (C=O) groups excluding carboxylic acids is 1. The normalized spacial score (nSPS) is 17.2. The number of amides is 1. The molecule has 0 unspecified atom stereocenters. The van der Waals surface area contributed by atoms with Crippen LogP contribution in [0, 0.1) is 0 Å². The first-order chi connectivity index (χ1) is 16.2. The molecule has 0 bridgehead atoms. The van der Waals surface area contributed by atoms with Crippen molar-refractivity contribution in [1.82, 2.24) is 35.4 Å². The van der Waals surface area contributed by atoms with Crippen LogP contribution in [0.15, 0.2) is 53.4 Å². The van der Waals surface area contributed by atoms with Crippen LogP contribution in [0.4, 0.5) is 5.82 Å². The van der Waals surface area contributed by atoms with Gasteiger partial charge in [0, 0.05) is 55.6 Å². The standard InChI is InChI=1S/C23H21BrN8O/c24-17-3-4-18(28-23(17)32-11-15(12-32)31-7-6-26-21(33)13-31)22-16-8-19(14-2-1-5-25-9-14)27-10-20(16)29-30-22/h1-5,8-10,15H,6-7,11-13H2,(H,26,33)(H,29,30). The Labute approximate surface area is 198 Å². The number of halogens is 1. The summed E-state index contributed by atoms with van der Waals surface area (Å²) < 4.78 is 0.943. The van der Waals surface area contributed by atoms with E-state index < -0.39 is 0 Å². The van der Waals surface area contributed by atoms with Gasteiger partial charge in [-0.2, -0.15) is 5.10 Å². The fourth-order valence-corrected chi connectivity index (χ4v) is 4.87. The summed E-state index contributed by atoms with van der Waals surface area (Å²) in [6.07, 6.45) is 5.35. The zero-order valence-electron chi connectivity index (χ0n) is 17.7. The molecule has 0 radical (unpaired) electrons. The molecule has 2 fully saturated rings. The van der Waals surface area contributed by atoms with Crippen molar-refractivity contribution in [3.63, 3.8) is 0 Å². The number of nitrogens with one attached hydrogen (secondary N) is 2. The van der Waals surface area contributed by atoms with Crippen molar-refractivity contribution in [3.8, 4) is 22.6 Å². The number of pyridine rings is 3. The van der Waals surface area contributed by atoms with Crippen molar-refractivity contribution in [3.05, 3.63) is 53.4 Å². The number of hydrogen-bond donors (Lipinski definition) is 2. The molecular weight excluding hydrogens is 484 g/mol. The third-order valence-electron chi connectivity index (χ3n) is 6.22. The number of carbonyl (C=O) groups is 1. The van der Waals surface area contributed by atoms with E-state index in [1.807, 2.05) is 30.3 Å². The maximum atomic E-state index is 11.7. The molecule has 0 spiro atoms. The van der Waals surface area contributed by atoms with Crippen LogP contribution in [0.25, 0.3) is 33.5 Å². The lowest BCUT2D eigenvalue weighted by molar-refractivity contribution is -0.125. The summed E-state index contributed by atoms with van der Waals surface area (Å²) in [7, 11) is 0. The number of H-pyrrole nitrogens is 1. The number of aromatic nitrogens is 5. The van der Waals surface area contributed by atoms with Crippen LogP contribution < -0.4 is 10.2 Å². The van der Waals surface area contributed by atoms with Crippen molar-refractivity contribution in [2.75, 3.05) is 37.6 Å². The first-order valence-electron chi connectivity index (χ1n) is 10.8. The molecule has 0 aliphatic carbocycles. The third kappa shape index (κ3) is 3.75. The highest BCUT2D eigenvalue weighted by molar-refractivity contribution is 9.10. The summed E-state index contributed by atoms with van der Waals surface area (Å²) in [5.41, 5.74) is 4.23. The number of rotatable bonds is 4. The predicted octanol–water partition coefficient (Wildman–Crippen LogP) is 2.46. The maximum Gasteiger partial charge on any atom is 0.234 e. The minimum absolute atomic E-state index is 0.103. The van der Waals surface area contributed by atoms with Crippen LogP contribution in [0.3, 0.4) is 0 Å². The fourth-order valence-electron chi connectivity index (χ4n) is 4.40. The van der Waals surface area contributed by atoms with E-state index in [0.717, 1.165) is 70.0 Å². The Morgan fingerprint density at radius 1 is 1.12 bits per heavy atom. The summed E-state index contributed by atoms with van der Waals surface area (Å²) in [5.74, 6) is 0.995. The number of fused-ring (bicyclic) bond motifs is 1. The van der Waals surface area contributed by atoms with Gasteiger partial charge in [-0.1, -0.05) is 0 Å². The highest BCUT2D eigenvalue weighted by Crippen LogP contribution is 2.34. The van der Waals surface area contributed by atoms with Crippen molar-refractivity contribution in [2.24, 2.45) is 0 Å². The molecule has 0 aromatic carbocycles. The van der Waals surface area contributed by atoms with Gasteiger partial charge in [-0.25, -0.2) is 4.98 Å². The topological polar surface area (TPSA) is 103 Å². The van der Waals surface area contributed by atoms with Gasteiger partial charge in [0.1, 0.15) is 11.5 Å². The fraction of sp³-hybridized carbons (Fsp3) is 0.261. The average Bonchev–Trinajstić information content (AvgIpc) is 3.23. The van der Waals surface area contributed by atoms with Gasteiger partial charge >= 0.3 is 0 Å². The van der Waals surface area contributed by atoms with Gasteiger partial charge in [0.05, 0.1) is 34.1 Å². The van der Waals surface area contributed by atoms with Crippen LogP contribution in [-0.2, 0) is 4.79 Å². The molecular formula is C23H21BrN8O. The van der Waals surface area contributed by atoms with Gasteiger partial charge in [-0.05, 0) is 46.3 Å². The minimum atomic E-state index is 0.103. The van der Waals surface area contributed by atoms with Gasteiger partial charge in [-0.15, -0.1) is 0 Å². The lowest BCUT2D eigenvalue weighted by atomic mass is 10.1. The largest absolute Gasteiger partial charge is 0.354 e. The molecule has 0 atom stereocenters. The molecule has 2 aliphatic rings. The van der Waals surface area contributed by atoms with E-state index in [1.165, 1.54) is 0 Å². The Bertz CT molecular complexity index is 1340. The first kappa shape index (κ1) is 20.3. The molecule has 2 saturated heterocycles. The SMILES string of the molecule is O=C1CN(C2CN(c3nc(-c4n[nH]c5cnc(-c6cccnc6)cc45)ccc3Br)C2)CCN1. The average molecular weight is 505 g/mol. The van der Waals surface area contributed by atoms with Gasteiger partial charge in [-0.3, -0.25) is 24.8 Å². The Morgan fingerprint density at radius 3 is 2.85 bits per heavy atom. The van der Waals surface area contributed by atoms with Gasteiger partial charge < -0.3 is 10.2 Å². The molecule has 4 aromatic rings. The Kier molecular flexibility index (Phi) is 5.03. The number of nitrogens with zero attached hydrogens (tertiary/aromatic N) is 6. The van der Waals surface area contributed by atoms with E-state index in [4.69, 9.17) is 4.98 Å². The maximum absolute atomic E-state index is 11.7. The lowest BCUT2D eigenvalue weighted by Gasteiger charge is -2.47. The highest BCUT2D eigenvalue weighted by Gasteiger charge is 2.35. The van der Waals surface area contributed by atoms with Gasteiger partial charge in [0.2, 0.25) is 5.91 Å². The summed E-state index contributed by atoms with van der Waals surface area (Å²) in [4.78, 5) is 29.9. The van der Waals surface area contributed by atoms with E-state index in [2.05, 4.69) is 51.2 Å². The Hall–Kier alpha value is -3.37. The van der Waals surface area contributed by atoms with Crippen LogP contribution >= 0.6 is 15.9 Å². The van der Waals surface area contributed by atoms with E-state index >= 15 is 0 Å². The summed E-state index contributed by atoms with van der Waals surface area (Å²) in [6.45, 7) is 3.78. The van der Waals surface area contributed by atoms with E-state index in [-0.39, 0.29) is 5.91 Å². The van der Waals surface area contributed by atoms with E-state index in [0.29, 0.717) is 12.6 Å². The molecule has 6 heterocycles. The van der Waals surface area contributed by atoms with Gasteiger partial charge in [0.25, 0.3) is 0 Å². The minimum Gasteiger partial charge on any atom is -0.354 e. The second-order valence-corrected chi connectivity index (χ2v) is 9.16. The van der Waals surface area contributed by atoms with Crippen LogP contribution in [-0.4, -0.2) is 74.7 Å². The molecule has 6 rings (SSSR count). The van der Waals surface area contributed by atoms with Crippen molar-refractivity contribution < 1.29 is 4.79 Å². The molecule has 1 amide bonds. The Balaban J connectivity index is 1.28. The summed E-state index contributed by atoms with van der Waals surface area (Å²) >= 11 is 3.66. The molecule has 2 N–H and O–H groups in total. The predicted molar refractivity (Wildman–Crippen MR) is 129 cm³/mol. The smallest absolute Gasteiger partial charge is 0.234 e. The second kappa shape index (κ2) is 8.20. The quantitative estimate of drug-likeness (QED) is 0.439.